The molecule has 6 rings (SSSR count). The van der Waals surface area contributed by atoms with Crippen LogP contribution in [-0.4, -0.2) is 20.6 Å². The normalized spacial score (nSPS) is 18.4. The van der Waals surface area contributed by atoms with Crippen molar-refractivity contribution in [1.29, 1.82) is 0 Å². The van der Waals surface area contributed by atoms with Crippen molar-refractivity contribution in [2.24, 2.45) is 0 Å². The van der Waals surface area contributed by atoms with E-state index >= 15 is 0 Å². The van der Waals surface area contributed by atoms with E-state index in [0.717, 1.165) is 46.1 Å². The van der Waals surface area contributed by atoms with Crippen molar-refractivity contribution >= 4 is 28.5 Å². The molecule has 0 spiro atoms. The molecule has 0 aliphatic carbocycles. The van der Waals surface area contributed by atoms with Gasteiger partial charge in [0.15, 0.2) is 0 Å². The molecule has 6 nitrogen and oxygen atoms in total. The number of aryl methyl sites for hydroxylation is 2. The Kier molecular flexibility index (Phi) is 5.47. The van der Waals surface area contributed by atoms with Crippen LogP contribution in [0.5, 0.6) is 0 Å². The number of esters is 1. The molecule has 2 aromatic carbocycles. The topological polar surface area (TPSA) is 81.4 Å². The van der Waals surface area contributed by atoms with Gasteiger partial charge in [-0.3, -0.25) is 9.59 Å². The molecule has 0 saturated heterocycles. The summed E-state index contributed by atoms with van der Waals surface area (Å²) >= 11 is 6.21. The highest BCUT2D eigenvalue weighted by Gasteiger charge is 2.39. The summed E-state index contributed by atoms with van der Waals surface area (Å²) in [6.07, 6.45) is 1.68. The van der Waals surface area contributed by atoms with Crippen molar-refractivity contribution in [2.45, 2.75) is 51.4 Å². The second-order valence-electron chi connectivity index (χ2n) is 9.60. The molecular formula is C29H25ClN2O4. The first-order valence-electron chi connectivity index (χ1n) is 12.2. The number of fused-ring (bicyclic) bond motifs is 5. The van der Waals surface area contributed by atoms with Crippen molar-refractivity contribution < 1.29 is 14.6 Å². The van der Waals surface area contributed by atoms with Gasteiger partial charge in [-0.1, -0.05) is 48.9 Å². The molecule has 1 atom stereocenters. The predicted octanol–water partition coefficient (Wildman–Crippen LogP) is 4.91. The van der Waals surface area contributed by atoms with Gasteiger partial charge in [0.1, 0.15) is 12.2 Å². The van der Waals surface area contributed by atoms with E-state index in [4.69, 9.17) is 21.3 Å². The molecule has 4 heterocycles. The van der Waals surface area contributed by atoms with Crippen LogP contribution in [0.4, 0.5) is 0 Å². The molecule has 0 amide bonds. The SMILES string of the molecule is CCC1(O)CC(=O)OCc2c1cc1n(c2=O)Cc2c-1nc1ccccc1c2CCc1cccc(Cl)c1. The van der Waals surface area contributed by atoms with Crippen molar-refractivity contribution in [1.82, 2.24) is 9.55 Å². The Balaban J connectivity index is 1.53. The molecule has 2 aliphatic heterocycles. The minimum atomic E-state index is -1.45. The van der Waals surface area contributed by atoms with E-state index in [1.54, 1.807) is 11.5 Å². The van der Waals surface area contributed by atoms with E-state index in [9.17, 15) is 14.7 Å². The maximum absolute atomic E-state index is 13.7. The maximum Gasteiger partial charge on any atom is 0.309 e. The van der Waals surface area contributed by atoms with Crippen LogP contribution >= 0.6 is 11.6 Å². The number of aromatic nitrogens is 2. The lowest BCUT2D eigenvalue weighted by Gasteiger charge is -2.26. The number of para-hydroxylation sites is 1. The summed E-state index contributed by atoms with van der Waals surface area (Å²) in [5.74, 6) is -0.507. The summed E-state index contributed by atoms with van der Waals surface area (Å²) in [6.45, 7) is 2.06. The third kappa shape index (κ3) is 3.64. The highest BCUT2D eigenvalue weighted by atomic mass is 35.5. The number of halogens is 1. The highest BCUT2D eigenvalue weighted by Crippen LogP contribution is 2.40. The zero-order chi connectivity index (χ0) is 25.0. The first-order chi connectivity index (χ1) is 17.4. The van der Waals surface area contributed by atoms with E-state index in [1.807, 2.05) is 42.5 Å². The van der Waals surface area contributed by atoms with E-state index in [-0.39, 0.29) is 18.6 Å². The van der Waals surface area contributed by atoms with Gasteiger partial charge in [-0.25, -0.2) is 4.98 Å². The van der Waals surface area contributed by atoms with Crippen LogP contribution in [0, 0.1) is 0 Å². The molecule has 1 unspecified atom stereocenters. The average molecular weight is 501 g/mol. The Labute approximate surface area is 213 Å². The van der Waals surface area contributed by atoms with Crippen LogP contribution in [0.25, 0.3) is 22.3 Å². The smallest absolute Gasteiger partial charge is 0.309 e. The molecular weight excluding hydrogens is 476 g/mol. The van der Waals surface area contributed by atoms with Gasteiger partial charge < -0.3 is 14.4 Å². The molecule has 4 aromatic rings. The Hall–Kier alpha value is -3.48. The average Bonchev–Trinajstić information content (AvgIpc) is 3.18. The highest BCUT2D eigenvalue weighted by molar-refractivity contribution is 6.30. The van der Waals surface area contributed by atoms with Gasteiger partial charge in [0.05, 0.1) is 35.4 Å². The monoisotopic (exact) mass is 500 g/mol. The first-order valence-corrected chi connectivity index (χ1v) is 12.6. The van der Waals surface area contributed by atoms with Crippen LogP contribution in [0.15, 0.2) is 59.4 Å². The van der Waals surface area contributed by atoms with E-state index < -0.39 is 11.6 Å². The molecule has 0 bridgehead atoms. The summed E-state index contributed by atoms with van der Waals surface area (Å²) in [5.41, 5.74) is 4.72. The summed E-state index contributed by atoms with van der Waals surface area (Å²) in [7, 11) is 0. The summed E-state index contributed by atoms with van der Waals surface area (Å²) < 4.78 is 6.99. The second-order valence-corrected chi connectivity index (χ2v) is 10.0. The summed E-state index contributed by atoms with van der Waals surface area (Å²) in [6, 6.07) is 17.7. The molecule has 1 N–H and O–H groups in total. The molecule has 0 fully saturated rings. The van der Waals surface area contributed by atoms with Gasteiger partial charge >= 0.3 is 5.97 Å². The van der Waals surface area contributed by atoms with E-state index in [2.05, 4.69) is 12.1 Å². The number of hydrogen-bond acceptors (Lipinski definition) is 5. The number of carbonyl (C=O) groups excluding carboxylic acids is 1. The van der Waals surface area contributed by atoms with Crippen molar-refractivity contribution in [3.8, 4) is 11.4 Å². The standard InChI is InChI=1S/C29H25ClN2O4/c1-2-29(35)14-26(33)36-16-22-23(29)13-25-27-21(15-32(25)28(22)34)19(20-8-3-4-9-24(20)31-27)11-10-17-6-5-7-18(30)12-17/h3-9,12-13,35H,2,10-11,14-16H2,1H3. The molecule has 7 heteroatoms. The van der Waals surface area contributed by atoms with Gasteiger partial charge in [0.2, 0.25) is 0 Å². The number of nitrogens with zero attached hydrogens (tertiary/aromatic N) is 2. The largest absolute Gasteiger partial charge is 0.460 e. The van der Waals surface area contributed by atoms with Gasteiger partial charge in [0, 0.05) is 16.0 Å². The summed E-state index contributed by atoms with van der Waals surface area (Å²) in [5, 5.41) is 13.1. The van der Waals surface area contributed by atoms with Crippen LogP contribution in [0.2, 0.25) is 5.02 Å². The van der Waals surface area contributed by atoms with Gasteiger partial charge in [0.25, 0.3) is 5.56 Å². The number of cyclic esters (lactones) is 1. The fourth-order valence-corrected chi connectivity index (χ4v) is 5.77. The van der Waals surface area contributed by atoms with Crippen LogP contribution in [0.3, 0.4) is 0 Å². The Morgan fingerprint density at radius 3 is 2.72 bits per heavy atom. The Bertz CT molecular complexity index is 1610. The third-order valence-electron chi connectivity index (χ3n) is 7.52. The third-order valence-corrected chi connectivity index (χ3v) is 7.76. The van der Waals surface area contributed by atoms with Crippen molar-refractivity contribution in [3.05, 3.63) is 97.8 Å². The number of hydrogen-bond donors (Lipinski definition) is 1. The van der Waals surface area contributed by atoms with Gasteiger partial charge in [-0.05, 0) is 60.2 Å². The second kappa shape index (κ2) is 8.57. The predicted molar refractivity (Wildman–Crippen MR) is 138 cm³/mol. The molecule has 2 aliphatic rings. The maximum atomic E-state index is 13.7. The van der Waals surface area contributed by atoms with Crippen LogP contribution in [0.1, 0.15) is 47.6 Å². The number of pyridine rings is 2. The van der Waals surface area contributed by atoms with Gasteiger partial charge in [-0.2, -0.15) is 0 Å². The van der Waals surface area contributed by atoms with Crippen LogP contribution in [-0.2, 0) is 41.1 Å². The zero-order valence-corrected chi connectivity index (χ0v) is 20.6. The quantitative estimate of drug-likeness (QED) is 0.355. The van der Waals surface area contributed by atoms with Crippen molar-refractivity contribution in [3.63, 3.8) is 0 Å². The summed E-state index contributed by atoms with van der Waals surface area (Å²) in [4.78, 5) is 30.8. The number of ether oxygens (including phenoxy) is 1. The lowest BCUT2D eigenvalue weighted by atomic mass is 9.85. The van der Waals surface area contributed by atoms with Crippen LogP contribution < -0.4 is 5.56 Å². The fourth-order valence-electron chi connectivity index (χ4n) is 5.56. The molecule has 182 valence electrons. The van der Waals surface area contributed by atoms with Crippen molar-refractivity contribution in [2.75, 3.05) is 0 Å². The Morgan fingerprint density at radius 1 is 1.08 bits per heavy atom. The molecule has 0 radical (unpaired) electrons. The number of aliphatic hydroxyl groups is 1. The zero-order valence-electron chi connectivity index (χ0n) is 19.9. The molecule has 0 saturated carbocycles. The lowest BCUT2D eigenvalue weighted by Crippen LogP contribution is -2.32. The molecule has 2 aromatic heterocycles. The number of rotatable bonds is 4. The fraction of sp³-hybridized carbons (Fsp3) is 0.276. The number of benzene rings is 2. The van der Waals surface area contributed by atoms with E-state index in [0.29, 0.717) is 34.8 Å². The Morgan fingerprint density at radius 2 is 1.92 bits per heavy atom. The lowest BCUT2D eigenvalue weighted by molar-refractivity contribution is -0.149. The minimum Gasteiger partial charge on any atom is -0.460 e. The molecule has 36 heavy (non-hydrogen) atoms. The minimum absolute atomic E-state index is 0.136. The number of carbonyl (C=O) groups is 1. The first kappa shape index (κ1) is 23.0. The van der Waals surface area contributed by atoms with E-state index in [1.165, 1.54) is 0 Å². The van der Waals surface area contributed by atoms with Gasteiger partial charge in [-0.15, -0.1) is 0 Å².